The number of nitrogens with one attached hydrogen (secondary N) is 2. The summed E-state index contributed by atoms with van der Waals surface area (Å²) in [6.07, 6.45) is -4.42. The fourth-order valence-corrected chi connectivity index (χ4v) is 2.67. The number of halogens is 3. The summed E-state index contributed by atoms with van der Waals surface area (Å²) in [4.78, 5) is 15.0. The Kier molecular flexibility index (Phi) is 6.18. The Morgan fingerprint density at radius 3 is 2.55 bits per heavy atom. The van der Waals surface area contributed by atoms with Crippen molar-refractivity contribution in [3.8, 4) is 0 Å². The number of hydrogen-bond donors (Lipinski definition) is 3. The second-order valence-electron chi connectivity index (χ2n) is 5.88. The van der Waals surface area contributed by atoms with Gasteiger partial charge in [0.05, 0.1) is 12.6 Å². The first-order chi connectivity index (χ1) is 9.99. The van der Waals surface area contributed by atoms with Crippen LogP contribution in [0.4, 0.5) is 18.0 Å². The first-order valence-electron chi connectivity index (χ1n) is 6.71. The highest BCUT2D eigenvalue weighted by Gasteiger charge is 2.33. The van der Waals surface area contributed by atoms with E-state index in [1.807, 2.05) is 13.8 Å². The van der Waals surface area contributed by atoms with E-state index in [0.717, 1.165) is 16.7 Å². The summed E-state index contributed by atoms with van der Waals surface area (Å²) in [5.41, 5.74) is -1.23. The number of carbonyl (C=O) groups is 1. The van der Waals surface area contributed by atoms with Gasteiger partial charge in [-0.05, 0) is 18.8 Å². The van der Waals surface area contributed by atoms with Crippen molar-refractivity contribution in [1.29, 1.82) is 0 Å². The van der Waals surface area contributed by atoms with Gasteiger partial charge in [0.2, 0.25) is 0 Å². The minimum Gasteiger partial charge on any atom is -0.393 e. The van der Waals surface area contributed by atoms with E-state index >= 15 is 0 Å². The Bertz CT molecular complexity index is 501. The van der Waals surface area contributed by atoms with Crippen LogP contribution in [0.1, 0.15) is 37.9 Å². The maximum absolute atomic E-state index is 12.4. The molecule has 0 aliphatic rings. The third kappa shape index (κ3) is 6.61. The molecule has 126 valence electrons. The fourth-order valence-electron chi connectivity index (χ4n) is 1.93. The zero-order valence-electron chi connectivity index (χ0n) is 12.6. The molecule has 0 radical (unpaired) electrons. The average molecular weight is 339 g/mol. The average Bonchev–Trinajstić information content (AvgIpc) is 2.81. The van der Waals surface area contributed by atoms with Gasteiger partial charge in [-0.25, -0.2) is 9.78 Å². The smallest absolute Gasteiger partial charge is 0.393 e. The molecule has 0 saturated carbocycles. The first-order valence-corrected chi connectivity index (χ1v) is 7.59. The second kappa shape index (κ2) is 7.28. The zero-order valence-corrected chi connectivity index (χ0v) is 13.4. The summed E-state index contributed by atoms with van der Waals surface area (Å²) >= 11 is 0.844. The third-order valence-corrected chi connectivity index (χ3v) is 3.67. The SMILES string of the molecule is CC(O)CC(C)(C)CNC(=O)NCc1nc(C(F)(F)F)cs1. The number of carbonyl (C=O) groups excluding carboxylic acids is 1. The van der Waals surface area contributed by atoms with Crippen LogP contribution >= 0.6 is 11.3 Å². The molecule has 3 N–H and O–H groups in total. The fraction of sp³-hybridized carbons (Fsp3) is 0.692. The molecule has 9 heteroatoms. The molecule has 1 unspecified atom stereocenters. The molecule has 0 spiro atoms. The summed E-state index contributed by atoms with van der Waals surface area (Å²) in [5, 5.41) is 15.5. The number of aromatic nitrogens is 1. The van der Waals surface area contributed by atoms with E-state index < -0.39 is 24.0 Å². The Morgan fingerprint density at radius 2 is 2.05 bits per heavy atom. The molecule has 1 aromatic rings. The quantitative estimate of drug-likeness (QED) is 0.746. The number of hydrogen-bond acceptors (Lipinski definition) is 4. The van der Waals surface area contributed by atoms with Crippen LogP contribution in [0.3, 0.4) is 0 Å². The lowest BCUT2D eigenvalue weighted by Crippen LogP contribution is -2.41. The predicted molar refractivity (Wildman–Crippen MR) is 77.4 cm³/mol. The highest BCUT2D eigenvalue weighted by molar-refractivity contribution is 7.09. The molecule has 1 rings (SSSR count). The first kappa shape index (κ1) is 18.7. The minimum atomic E-state index is -4.47. The highest BCUT2D eigenvalue weighted by atomic mass is 32.1. The van der Waals surface area contributed by atoms with Crippen LogP contribution in [0.15, 0.2) is 5.38 Å². The number of alkyl halides is 3. The Hall–Kier alpha value is -1.35. The van der Waals surface area contributed by atoms with E-state index in [1.165, 1.54) is 0 Å². The number of thiazole rings is 1. The Balaban J connectivity index is 2.39. The number of urea groups is 1. The van der Waals surface area contributed by atoms with Crippen LogP contribution in [-0.4, -0.2) is 28.8 Å². The van der Waals surface area contributed by atoms with Crippen molar-refractivity contribution >= 4 is 17.4 Å². The molecular weight excluding hydrogens is 319 g/mol. The minimum absolute atomic E-state index is 0.0661. The van der Waals surface area contributed by atoms with Crippen LogP contribution in [0.25, 0.3) is 0 Å². The van der Waals surface area contributed by atoms with Gasteiger partial charge in [-0.2, -0.15) is 13.2 Å². The number of aliphatic hydroxyl groups is 1. The standard InChI is InChI=1S/C13H20F3N3O2S/c1-8(20)4-12(2,3)7-18-11(21)17-5-10-19-9(6-22-10)13(14,15)16/h6,8,20H,4-5,7H2,1-3H3,(H2,17,18,21). The number of amides is 2. The molecule has 0 aliphatic heterocycles. The van der Waals surface area contributed by atoms with Gasteiger partial charge in [-0.1, -0.05) is 13.8 Å². The van der Waals surface area contributed by atoms with Crippen molar-refractivity contribution in [3.05, 3.63) is 16.1 Å². The van der Waals surface area contributed by atoms with Crippen molar-refractivity contribution in [1.82, 2.24) is 15.6 Å². The molecule has 5 nitrogen and oxygen atoms in total. The topological polar surface area (TPSA) is 74.2 Å². The van der Waals surface area contributed by atoms with Crippen molar-refractivity contribution in [2.24, 2.45) is 5.41 Å². The van der Waals surface area contributed by atoms with Crippen LogP contribution in [0.2, 0.25) is 0 Å². The van der Waals surface area contributed by atoms with E-state index in [0.29, 0.717) is 13.0 Å². The lowest BCUT2D eigenvalue weighted by Gasteiger charge is -2.26. The molecule has 0 saturated heterocycles. The van der Waals surface area contributed by atoms with Crippen molar-refractivity contribution in [3.63, 3.8) is 0 Å². The monoisotopic (exact) mass is 339 g/mol. The predicted octanol–water partition coefficient (Wildman–Crippen LogP) is 2.76. The normalized spacial score (nSPS) is 13.8. The number of nitrogens with zero attached hydrogens (tertiary/aromatic N) is 1. The van der Waals surface area contributed by atoms with Gasteiger partial charge in [-0.3, -0.25) is 0 Å². The van der Waals surface area contributed by atoms with Crippen LogP contribution in [-0.2, 0) is 12.7 Å². The maximum atomic E-state index is 12.4. The van der Waals surface area contributed by atoms with Gasteiger partial charge >= 0.3 is 12.2 Å². The summed E-state index contributed by atoms with van der Waals surface area (Å²) in [7, 11) is 0. The maximum Gasteiger partial charge on any atom is 0.434 e. The zero-order chi connectivity index (χ0) is 17.0. The van der Waals surface area contributed by atoms with Crippen molar-refractivity contribution < 1.29 is 23.1 Å². The van der Waals surface area contributed by atoms with Gasteiger partial charge < -0.3 is 15.7 Å². The molecule has 0 aliphatic carbocycles. The summed E-state index contributed by atoms with van der Waals surface area (Å²) in [6.45, 7) is 5.74. The Labute approximate surface area is 130 Å². The lowest BCUT2D eigenvalue weighted by molar-refractivity contribution is -0.140. The molecule has 22 heavy (non-hydrogen) atoms. The number of aliphatic hydroxyl groups excluding tert-OH is 1. The summed E-state index contributed by atoms with van der Waals surface area (Å²) in [6, 6.07) is -0.484. The Morgan fingerprint density at radius 1 is 1.41 bits per heavy atom. The van der Waals surface area contributed by atoms with Gasteiger partial charge in [0.15, 0.2) is 5.69 Å². The molecular formula is C13H20F3N3O2S. The molecule has 0 fully saturated rings. The highest BCUT2D eigenvalue weighted by Crippen LogP contribution is 2.29. The van der Waals surface area contributed by atoms with Crippen LogP contribution in [0, 0.1) is 5.41 Å². The summed E-state index contributed by atoms with van der Waals surface area (Å²) < 4.78 is 37.1. The second-order valence-corrected chi connectivity index (χ2v) is 6.82. The van der Waals surface area contributed by atoms with E-state index in [2.05, 4.69) is 15.6 Å². The van der Waals surface area contributed by atoms with E-state index in [4.69, 9.17) is 0 Å². The lowest BCUT2D eigenvalue weighted by atomic mass is 9.87. The van der Waals surface area contributed by atoms with E-state index in [1.54, 1.807) is 6.92 Å². The van der Waals surface area contributed by atoms with E-state index in [9.17, 15) is 23.1 Å². The molecule has 1 atom stereocenters. The van der Waals surface area contributed by atoms with Gasteiger partial charge in [-0.15, -0.1) is 11.3 Å². The molecule has 2 amide bonds. The number of rotatable bonds is 6. The van der Waals surface area contributed by atoms with Crippen LogP contribution in [0.5, 0.6) is 0 Å². The van der Waals surface area contributed by atoms with E-state index in [-0.39, 0.29) is 17.0 Å². The van der Waals surface area contributed by atoms with Crippen molar-refractivity contribution in [2.45, 2.75) is 46.0 Å². The summed E-state index contributed by atoms with van der Waals surface area (Å²) in [5.74, 6) is 0. The molecule has 0 aromatic carbocycles. The molecule has 1 heterocycles. The largest absolute Gasteiger partial charge is 0.434 e. The van der Waals surface area contributed by atoms with Crippen molar-refractivity contribution in [2.75, 3.05) is 6.54 Å². The van der Waals surface area contributed by atoms with Gasteiger partial charge in [0.1, 0.15) is 5.01 Å². The molecule has 1 aromatic heterocycles. The van der Waals surface area contributed by atoms with Gasteiger partial charge in [0, 0.05) is 11.9 Å². The third-order valence-electron chi connectivity index (χ3n) is 2.82. The van der Waals surface area contributed by atoms with Gasteiger partial charge in [0.25, 0.3) is 0 Å². The molecule has 0 bridgehead atoms. The van der Waals surface area contributed by atoms with Crippen LogP contribution < -0.4 is 10.6 Å².